The van der Waals surface area contributed by atoms with Crippen LogP contribution in [0.5, 0.6) is 11.5 Å². The summed E-state index contributed by atoms with van der Waals surface area (Å²) in [7, 11) is 3.35. The number of carboxylic acids is 4. The minimum absolute atomic E-state index is 0.377. The van der Waals surface area contributed by atoms with Gasteiger partial charge in [0, 0.05) is 18.4 Å². The topological polar surface area (TPSA) is 204 Å². The van der Waals surface area contributed by atoms with Gasteiger partial charge in [-0.15, -0.1) is 6.58 Å². The summed E-state index contributed by atoms with van der Waals surface area (Å²) in [6.45, 7) is 10.4. The molecule has 1 aromatic carbocycles. The van der Waals surface area contributed by atoms with Crippen LogP contribution in [0.3, 0.4) is 0 Å². The molecule has 1 fully saturated rings. The van der Waals surface area contributed by atoms with E-state index in [1.807, 2.05) is 12.1 Å². The lowest BCUT2D eigenvalue weighted by Gasteiger charge is -2.23. The predicted molar refractivity (Wildman–Crippen MR) is 120 cm³/mol. The number of carboxylic acid groups (broad SMARTS) is 4. The number of hydrogen-bond acceptors (Lipinski definition) is 9. The van der Waals surface area contributed by atoms with Crippen molar-refractivity contribution in [3.05, 3.63) is 36.4 Å². The Morgan fingerprint density at radius 3 is 2.06 bits per heavy atom. The van der Waals surface area contributed by atoms with Crippen LogP contribution >= 0.6 is 0 Å². The first-order valence-corrected chi connectivity index (χ1v) is 11.0. The summed E-state index contributed by atoms with van der Waals surface area (Å²) < 4.78 is 16.2. The second-order valence-corrected chi connectivity index (χ2v) is 7.42. The number of carbonyl (C=O) groups is 4. The van der Waals surface area contributed by atoms with E-state index in [0.29, 0.717) is 6.04 Å². The van der Waals surface area contributed by atoms with Crippen molar-refractivity contribution in [2.24, 2.45) is 0 Å². The van der Waals surface area contributed by atoms with E-state index in [1.54, 1.807) is 19.1 Å². The molecule has 0 bridgehead atoms. The molecule has 0 aliphatic carbocycles. The number of hydrogen-bond donors (Lipinski definition) is 4. The van der Waals surface area contributed by atoms with Crippen molar-refractivity contribution in [1.82, 2.24) is 0 Å². The standard InChI is InChI=1S/C19H30N2O3.2C2H2O4/c1-4-6-17(16-7-8-18(22-2)19(15-16)23-3)20-9-5-10-21-11-13-24-14-12-21;2*3-1(4)2(5)6/h4,7-8,15,17,20H,1,5-6,9-14H2,2-3H3;2*(H,3,4)(H,5,6). The molecule has 0 aromatic heterocycles. The van der Waals surface area contributed by atoms with Gasteiger partial charge in [0.1, 0.15) is 19.1 Å². The van der Waals surface area contributed by atoms with E-state index < -0.39 is 23.9 Å². The normalized spacial score (nSPS) is 13.5. The number of benzene rings is 1. The number of carbonyl (C=O) groups excluding carboxylic acids is 2. The van der Waals surface area contributed by atoms with Gasteiger partial charge in [0.05, 0.1) is 40.5 Å². The van der Waals surface area contributed by atoms with Crippen LogP contribution in [-0.2, 0) is 23.9 Å². The van der Waals surface area contributed by atoms with Crippen LogP contribution in [0.15, 0.2) is 30.9 Å². The largest absolute Gasteiger partial charge is 0.539 e. The first-order chi connectivity index (χ1) is 17.1. The molecule has 2 rings (SSSR count). The minimum atomic E-state index is -2.07. The van der Waals surface area contributed by atoms with Gasteiger partial charge in [-0.05, 0) is 18.2 Å². The van der Waals surface area contributed by atoms with Crippen LogP contribution in [0.25, 0.3) is 0 Å². The third-order valence-corrected chi connectivity index (χ3v) is 4.99. The summed E-state index contributed by atoms with van der Waals surface area (Å²) >= 11 is 0. The van der Waals surface area contributed by atoms with E-state index in [9.17, 15) is 0 Å². The molecule has 1 saturated heterocycles. The highest BCUT2D eigenvalue weighted by molar-refractivity contribution is 6.26. The molecule has 5 N–H and O–H groups in total. The molecule has 1 heterocycles. The first-order valence-electron chi connectivity index (χ1n) is 11.0. The Morgan fingerprint density at radius 2 is 1.61 bits per heavy atom. The van der Waals surface area contributed by atoms with Gasteiger partial charge in [0.15, 0.2) is 23.4 Å². The van der Waals surface area contributed by atoms with Gasteiger partial charge in [-0.2, -0.15) is 0 Å². The van der Waals surface area contributed by atoms with E-state index >= 15 is 0 Å². The summed E-state index contributed by atoms with van der Waals surface area (Å²) in [5.74, 6) is -6.46. The van der Waals surface area contributed by atoms with Crippen LogP contribution in [0.4, 0.5) is 0 Å². The highest BCUT2D eigenvalue weighted by Crippen LogP contribution is 2.29. The van der Waals surface area contributed by atoms with Crippen LogP contribution < -0.4 is 29.9 Å². The summed E-state index contributed by atoms with van der Waals surface area (Å²) in [5, 5.41) is 35.1. The second-order valence-electron chi connectivity index (χ2n) is 7.42. The lowest BCUT2D eigenvalue weighted by molar-refractivity contribution is -0.909. The summed E-state index contributed by atoms with van der Waals surface area (Å²) in [5.41, 5.74) is 1.26. The quantitative estimate of drug-likeness (QED) is 0.134. The number of nitrogens with one attached hydrogen (secondary N) is 1. The Labute approximate surface area is 208 Å². The molecule has 36 heavy (non-hydrogen) atoms. The van der Waals surface area contributed by atoms with Gasteiger partial charge in [-0.25, -0.2) is 9.59 Å². The highest BCUT2D eigenvalue weighted by Gasteiger charge is 2.17. The molecular weight excluding hydrogens is 480 g/mol. The molecule has 1 aliphatic rings. The van der Waals surface area contributed by atoms with Crippen molar-refractivity contribution in [2.45, 2.75) is 18.9 Å². The predicted octanol–water partition coefficient (Wildman–Crippen LogP) is -4.17. The smallest absolute Gasteiger partial charge is 0.351 e. The third-order valence-electron chi connectivity index (χ3n) is 4.99. The maximum absolute atomic E-state index is 9.04. The van der Waals surface area contributed by atoms with E-state index in [1.165, 1.54) is 18.5 Å². The third kappa shape index (κ3) is 13.9. The molecule has 0 saturated carbocycles. The zero-order valence-corrected chi connectivity index (χ0v) is 20.4. The van der Waals surface area contributed by atoms with E-state index in [0.717, 1.165) is 50.8 Å². The Kier molecular flexibility index (Phi) is 16.7. The van der Waals surface area contributed by atoms with Gasteiger partial charge in [0.25, 0.3) is 0 Å². The van der Waals surface area contributed by atoms with Crippen LogP contribution in [-0.4, -0.2) is 87.7 Å². The molecule has 0 amide bonds. The molecule has 0 spiro atoms. The highest BCUT2D eigenvalue weighted by atomic mass is 16.5. The van der Waals surface area contributed by atoms with Crippen molar-refractivity contribution in [3.63, 3.8) is 0 Å². The van der Waals surface area contributed by atoms with E-state index in [2.05, 4.69) is 24.0 Å². The summed E-state index contributed by atoms with van der Waals surface area (Å²) in [6, 6.07) is 6.56. The van der Waals surface area contributed by atoms with Gasteiger partial charge in [0.2, 0.25) is 0 Å². The lowest BCUT2D eigenvalue weighted by atomic mass is 10.0. The first kappa shape index (κ1) is 32.3. The molecule has 13 nitrogen and oxygen atoms in total. The number of nitrogens with two attached hydrogens (primary N) is 1. The SMILES string of the molecule is C=CCC([NH2+]CCC[NH+]1CCOCC1)c1ccc(OC)c(OC)c1.O=C([O-])C(=O)O.O=C([O-])C(=O)O. The van der Waals surface area contributed by atoms with Crippen molar-refractivity contribution in [2.75, 3.05) is 53.6 Å². The van der Waals surface area contributed by atoms with Gasteiger partial charge in [-0.3, -0.25) is 0 Å². The van der Waals surface area contributed by atoms with Crippen molar-refractivity contribution in [3.8, 4) is 11.5 Å². The van der Waals surface area contributed by atoms with Gasteiger partial charge < -0.3 is 54.4 Å². The molecule has 0 radical (unpaired) electrons. The molecule has 1 unspecified atom stereocenters. The minimum Gasteiger partial charge on any atom is -0.539 e. The molecule has 202 valence electrons. The Balaban J connectivity index is 0.000000846. The Bertz CT molecular complexity index is 806. The van der Waals surface area contributed by atoms with E-state index in [4.69, 9.17) is 53.8 Å². The number of aliphatic carboxylic acids is 4. The summed E-state index contributed by atoms with van der Waals surface area (Å²) in [6.07, 6.45) is 4.15. The van der Waals surface area contributed by atoms with Gasteiger partial charge in [-0.1, -0.05) is 6.08 Å². The monoisotopic (exact) mass is 514 g/mol. The van der Waals surface area contributed by atoms with Crippen LogP contribution in [0.2, 0.25) is 0 Å². The average Bonchev–Trinajstić information content (AvgIpc) is 2.86. The lowest BCUT2D eigenvalue weighted by Crippen LogP contribution is -3.14. The zero-order valence-electron chi connectivity index (χ0n) is 20.4. The number of quaternary nitrogens is 2. The van der Waals surface area contributed by atoms with Crippen LogP contribution in [0, 0.1) is 0 Å². The average molecular weight is 515 g/mol. The molecule has 1 aromatic rings. The fraction of sp³-hybridized carbons (Fsp3) is 0.478. The fourth-order valence-corrected chi connectivity index (χ4v) is 3.21. The summed E-state index contributed by atoms with van der Waals surface area (Å²) in [4.78, 5) is 37.7. The molecule has 1 atom stereocenters. The fourth-order valence-electron chi connectivity index (χ4n) is 3.21. The molecule has 13 heteroatoms. The Hall–Kier alpha value is -3.68. The number of ether oxygens (including phenoxy) is 3. The molecule has 1 aliphatic heterocycles. The second kappa shape index (κ2) is 18.6. The molecular formula is C23H34N2O11. The Morgan fingerprint density at radius 1 is 1.08 bits per heavy atom. The number of morpholine rings is 1. The maximum atomic E-state index is 9.04. The van der Waals surface area contributed by atoms with Gasteiger partial charge >= 0.3 is 11.9 Å². The van der Waals surface area contributed by atoms with Crippen LogP contribution in [0.1, 0.15) is 24.4 Å². The number of rotatable bonds is 10. The van der Waals surface area contributed by atoms with E-state index in [-0.39, 0.29) is 0 Å². The van der Waals surface area contributed by atoms with Crippen molar-refractivity contribution >= 4 is 23.9 Å². The maximum Gasteiger partial charge on any atom is 0.351 e. The zero-order chi connectivity index (χ0) is 27.5. The van der Waals surface area contributed by atoms with Crippen molar-refractivity contribution < 1.29 is 64.0 Å². The van der Waals surface area contributed by atoms with Crippen molar-refractivity contribution in [1.29, 1.82) is 0 Å². The number of methoxy groups -OCH3 is 2.